The molecule has 2 bridgehead atoms. The van der Waals surface area contributed by atoms with E-state index in [1.807, 2.05) is 13.8 Å². The predicted molar refractivity (Wildman–Crippen MR) is 99.5 cm³/mol. The number of fused-ring (bicyclic) bond motifs is 1. The van der Waals surface area contributed by atoms with Gasteiger partial charge in [-0.25, -0.2) is 0 Å². The van der Waals surface area contributed by atoms with Gasteiger partial charge in [-0.2, -0.15) is 0 Å². The van der Waals surface area contributed by atoms with E-state index in [2.05, 4.69) is 10.6 Å². The number of amides is 3. The second-order valence-electron chi connectivity index (χ2n) is 7.80. The smallest absolute Gasteiger partial charge is 0.244 e. The Balaban J connectivity index is 1.95. The van der Waals surface area contributed by atoms with Gasteiger partial charge in [-0.1, -0.05) is 0 Å². The number of hydrogen-bond donors (Lipinski definition) is 3. The number of unbranched alkanes of at least 4 members (excludes halogenated alkanes) is 1. The summed E-state index contributed by atoms with van der Waals surface area (Å²) in [6.45, 7) is 4.33. The highest BCUT2D eigenvalue weighted by molar-refractivity contribution is 8.02. The van der Waals surface area contributed by atoms with Crippen molar-refractivity contribution in [3.05, 3.63) is 0 Å². The molecule has 0 saturated carbocycles. The SMILES string of the molecule is CNC(=O)[C@@H]1[C@H]2C(=O)N(CCCCO)C(C(=O)NC(C)C)C23CC[C@H]1S3. The maximum Gasteiger partial charge on any atom is 0.244 e. The summed E-state index contributed by atoms with van der Waals surface area (Å²) in [4.78, 5) is 40.5. The molecule has 3 aliphatic heterocycles. The van der Waals surface area contributed by atoms with Crippen molar-refractivity contribution in [2.45, 2.75) is 61.6 Å². The largest absolute Gasteiger partial charge is 0.396 e. The first-order valence-electron chi connectivity index (χ1n) is 9.48. The topological polar surface area (TPSA) is 98.7 Å². The molecule has 0 aromatic heterocycles. The lowest BCUT2D eigenvalue weighted by Gasteiger charge is -2.34. The van der Waals surface area contributed by atoms with Crippen molar-refractivity contribution in [2.75, 3.05) is 20.2 Å². The van der Waals surface area contributed by atoms with Crippen LogP contribution in [0, 0.1) is 11.8 Å². The highest BCUT2D eigenvalue weighted by Crippen LogP contribution is 2.66. The maximum atomic E-state index is 13.3. The van der Waals surface area contributed by atoms with Gasteiger partial charge in [0, 0.05) is 31.5 Å². The zero-order valence-corrected chi connectivity index (χ0v) is 16.5. The fraction of sp³-hybridized carbons (Fsp3) is 0.833. The Bertz CT molecular complexity index is 599. The molecular weight excluding hydrogens is 354 g/mol. The molecular formula is C18H29N3O4S. The summed E-state index contributed by atoms with van der Waals surface area (Å²) in [5, 5.41) is 14.9. The molecule has 0 radical (unpaired) electrons. The second-order valence-corrected chi connectivity index (χ2v) is 9.40. The van der Waals surface area contributed by atoms with E-state index in [4.69, 9.17) is 5.11 Å². The molecule has 3 rings (SSSR count). The third-order valence-electron chi connectivity index (χ3n) is 5.84. The Morgan fingerprint density at radius 1 is 1.35 bits per heavy atom. The molecule has 8 heteroatoms. The number of rotatable bonds is 7. The molecule has 3 amide bonds. The summed E-state index contributed by atoms with van der Waals surface area (Å²) >= 11 is 1.68. The average molecular weight is 384 g/mol. The molecule has 0 aromatic carbocycles. The van der Waals surface area contributed by atoms with Crippen LogP contribution in [-0.2, 0) is 14.4 Å². The molecule has 26 heavy (non-hydrogen) atoms. The molecule has 7 nitrogen and oxygen atoms in total. The van der Waals surface area contributed by atoms with Gasteiger partial charge >= 0.3 is 0 Å². The van der Waals surface area contributed by atoms with Crippen LogP contribution in [0.15, 0.2) is 0 Å². The molecule has 3 aliphatic rings. The zero-order chi connectivity index (χ0) is 19.1. The number of aliphatic hydroxyl groups excluding tert-OH is 1. The van der Waals surface area contributed by atoms with Crippen LogP contribution < -0.4 is 10.6 Å². The number of carbonyl (C=O) groups is 3. The molecule has 3 heterocycles. The number of likely N-dealkylation sites (tertiary alicyclic amines) is 1. The van der Waals surface area contributed by atoms with Crippen molar-refractivity contribution in [3.8, 4) is 0 Å². The van der Waals surface area contributed by atoms with E-state index in [0.29, 0.717) is 19.4 Å². The fourth-order valence-electron chi connectivity index (χ4n) is 4.92. The van der Waals surface area contributed by atoms with Crippen molar-refractivity contribution in [2.24, 2.45) is 11.8 Å². The van der Waals surface area contributed by atoms with Crippen LogP contribution in [0.1, 0.15) is 39.5 Å². The second kappa shape index (κ2) is 7.38. The van der Waals surface area contributed by atoms with Crippen molar-refractivity contribution in [3.63, 3.8) is 0 Å². The van der Waals surface area contributed by atoms with Crippen LogP contribution in [-0.4, -0.2) is 70.0 Å². The van der Waals surface area contributed by atoms with Crippen LogP contribution in [0.4, 0.5) is 0 Å². The molecule has 3 fully saturated rings. The van der Waals surface area contributed by atoms with Gasteiger partial charge in [-0.3, -0.25) is 14.4 Å². The minimum absolute atomic E-state index is 0.00863. The number of thioether (sulfide) groups is 1. The molecule has 3 saturated heterocycles. The van der Waals surface area contributed by atoms with Gasteiger partial charge in [0.1, 0.15) is 6.04 Å². The van der Waals surface area contributed by atoms with Crippen LogP contribution >= 0.6 is 11.8 Å². The normalized spacial score (nSPS) is 35.1. The zero-order valence-electron chi connectivity index (χ0n) is 15.7. The number of aliphatic hydroxyl groups is 1. The Morgan fingerprint density at radius 2 is 2.08 bits per heavy atom. The Morgan fingerprint density at radius 3 is 2.69 bits per heavy atom. The lowest BCUT2D eigenvalue weighted by molar-refractivity contribution is -0.140. The lowest BCUT2D eigenvalue weighted by atomic mass is 9.70. The minimum atomic E-state index is -0.536. The summed E-state index contributed by atoms with van der Waals surface area (Å²) in [6, 6.07) is -0.545. The maximum absolute atomic E-state index is 13.3. The van der Waals surface area contributed by atoms with E-state index in [0.717, 1.165) is 12.8 Å². The average Bonchev–Trinajstić information content (AvgIpc) is 3.21. The van der Waals surface area contributed by atoms with E-state index in [9.17, 15) is 14.4 Å². The van der Waals surface area contributed by atoms with Crippen LogP contribution in [0.2, 0.25) is 0 Å². The highest BCUT2D eigenvalue weighted by atomic mass is 32.2. The molecule has 5 atom stereocenters. The first kappa shape index (κ1) is 19.5. The predicted octanol–water partition coefficient (Wildman–Crippen LogP) is 0.121. The van der Waals surface area contributed by atoms with Crippen molar-refractivity contribution in [1.29, 1.82) is 0 Å². The van der Waals surface area contributed by atoms with Gasteiger partial charge in [0.05, 0.1) is 16.6 Å². The molecule has 146 valence electrons. The van der Waals surface area contributed by atoms with Crippen molar-refractivity contribution >= 4 is 29.5 Å². The fourth-order valence-corrected chi connectivity index (χ4v) is 7.14. The van der Waals surface area contributed by atoms with Gasteiger partial charge in [0.15, 0.2) is 0 Å². The van der Waals surface area contributed by atoms with Crippen molar-refractivity contribution < 1.29 is 19.5 Å². The minimum Gasteiger partial charge on any atom is -0.396 e. The summed E-state index contributed by atoms with van der Waals surface area (Å²) in [6.07, 6.45) is 2.89. The molecule has 0 aromatic rings. The summed E-state index contributed by atoms with van der Waals surface area (Å²) in [7, 11) is 1.60. The van der Waals surface area contributed by atoms with Gasteiger partial charge in [0.2, 0.25) is 17.7 Å². The van der Waals surface area contributed by atoms with Gasteiger partial charge in [0.25, 0.3) is 0 Å². The first-order valence-corrected chi connectivity index (χ1v) is 10.4. The van der Waals surface area contributed by atoms with Gasteiger partial charge < -0.3 is 20.6 Å². The van der Waals surface area contributed by atoms with Crippen LogP contribution in [0.3, 0.4) is 0 Å². The van der Waals surface area contributed by atoms with E-state index in [1.165, 1.54) is 0 Å². The summed E-state index contributed by atoms with van der Waals surface area (Å²) < 4.78 is -0.503. The summed E-state index contributed by atoms with van der Waals surface area (Å²) in [5.74, 6) is -1.07. The Labute approximate surface area is 158 Å². The Kier molecular flexibility index (Phi) is 5.53. The van der Waals surface area contributed by atoms with E-state index < -0.39 is 16.7 Å². The summed E-state index contributed by atoms with van der Waals surface area (Å²) in [5.41, 5.74) is 0. The Hall–Kier alpha value is -1.28. The van der Waals surface area contributed by atoms with Gasteiger partial charge in [-0.15, -0.1) is 11.8 Å². The monoisotopic (exact) mass is 383 g/mol. The molecule has 0 aliphatic carbocycles. The third kappa shape index (κ3) is 2.91. The molecule has 2 unspecified atom stereocenters. The number of carbonyl (C=O) groups excluding carboxylic acids is 3. The number of hydrogen-bond acceptors (Lipinski definition) is 5. The number of nitrogens with zero attached hydrogens (tertiary/aromatic N) is 1. The standard InChI is InChI=1S/C18H29N3O4S/c1-10(2)20-16(24)14-18-7-6-11(26-18)12(15(23)19-3)13(18)17(25)21(14)8-4-5-9-22/h10-14,22H,4-9H2,1-3H3,(H,19,23)(H,20,24)/t11-,12+,13+,14?,18?/m1/s1. The van der Waals surface area contributed by atoms with E-state index >= 15 is 0 Å². The number of nitrogens with one attached hydrogen (secondary N) is 2. The first-order chi connectivity index (χ1) is 12.4. The van der Waals surface area contributed by atoms with Crippen LogP contribution in [0.5, 0.6) is 0 Å². The quantitative estimate of drug-likeness (QED) is 0.543. The van der Waals surface area contributed by atoms with Gasteiger partial charge in [-0.05, 0) is 39.5 Å². The van der Waals surface area contributed by atoms with Crippen molar-refractivity contribution in [1.82, 2.24) is 15.5 Å². The van der Waals surface area contributed by atoms with E-state index in [1.54, 1.807) is 23.7 Å². The lowest BCUT2D eigenvalue weighted by Crippen LogP contribution is -2.54. The van der Waals surface area contributed by atoms with Crippen LogP contribution in [0.25, 0.3) is 0 Å². The third-order valence-corrected chi connectivity index (χ3v) is 7.79. The van der Waals surface area contributed by atoms with E-state index in [-0.39, 0.29) is 41.5 Å². The highest BCUT2D eigenvalue weighted by Gasteiger charge is 2.73. The molecule has 1 spiro atoms. The molecule has 3 N–H and O–H groups in total.